The first-order chi connectivity index (χ1) is 17.6. The summed E-state index contributed by atoms with van der Waals surface area (Å²) in [5, 5.41) is 15.3. The third-order valence-corrected chi connectivity index (χ3v) is 7.49. The zero-order valence-electron chi connectivity index (χ0n) is 19.2. The molecule has 3 aromatic carbocycles. The zero-order valence-corrected chi connectivity index (χ0v) is 21.5. The van der Waals surface area contributed by atoms with Crippen molar-refractivity contribution >= 4 is 45.6 Å². The van der Waals surface area contributed by atoms with E-state index in [0.717, 1.165) is 5.56 Å². The summed E-state index contributed by atoms with van der Waals surface area (Å²) in [6, 6.07) is 19.0. The maximum absolute atomic E-state index is 13.4. The van der Waals surface area contributed by atoms with Gasteiger partial charge in [-0.25, -0.2) is 9.97 Å². The number of hydrogen-bond donors (Lipinski definition) is 1. The average molecular weight is 562 g/mol. The molecule has 0 amide bonds. The van der Waals surface area contributed by atoms with Crippen LogP contribution in [-0.4, -0.2) is 25.8 Å². The van der Waals surface area contributed by atoms with Crippen LogP contribution in [0.3, 0.4) is 0 Å². The van der Waals surface area contributed by atoms with Gasteiger partial charge in [-0.15, -0.1) is 11.3 Å². The van der Waals surface area contributed by atoms with E-state index < -0.39 is 18.2 Å². The highest BCUT2D eigenvalue weighted by atomic mass is 35.5. The minimum atomic E-state index is -4.43. The maximum atomic E-state index is 13.4. The SMILES string of the molecule is OC(c1ccc(Cl)cc1)(c1ccc2nc(CC(F)(F)F)n(CCc3cccc(Cl)c3)c2c1)c1nccs1. The van der Waals surface area contributed by atoms with Gasteiger partial charge in [-0.05, 0) is 59.5 Å². The van der Waals surface area contributed by atoms with E-state index in [1.165, 1.54) is 11.3 Å². The number of hydrogen-bond acceptors (Lipinski definition) is 4. The van der Waals surface area contributed by atoms with E-state index in [1.54, 1.807) is 76.8 Å². The van der Waals surface area contributed by atoms with E-state index in [0.29, 0.717) is 43.6 Å². The number of rotatable bonds is 7. The summed E-state index contributed by atoms with van der Waals surface area (Å²) < 4.78 is 41.9. The predicted molar refractivity (Wildman–Crippen MR) is 140 cm³/mol. The van der Waals surface area contributed by atoms with Gasteiger partial charge in [0.25, 0.3) is 0 Å². The highest BCUT2D eigenvalue weighted by molar-refractivity contribution is 7.09. The van der Waals surface area contributed by atoms with Gasteiger partial charge in [-0.1, -0.05) is 53.5 Å². The van der Waals surface area contributed by atoms with Crippen LogP contribution in [0.2, 0.25) is 10.0 Å². The van der Waals surface area contributed by atoms with Gasteiger partial charge in [0.1, 0.15) is 17.3 Å². The Kier molecular flexibility index (Phi) is 7.02. The minimum Gasteiger partial charge on any atom is -0.374 e. The standard InChI is InChI=1S/C27H20Cl2F3N3OS/c28-20-7-4-18(5-8-20)27(36,25-33-11-13-37-25)19-6-9-22-23(15-19)35(24(34-22)16-26(30,31)32)12-10-17-2-1-3-21(29)14-17/h1-9,11,13-15,36H,10,12,16H2. The number of thiazole rings is 1. The first-order valence-corrected chi connectivity index (χ1v) is 13.0. The Morgan fingerprint density at radius 2 is 1.68 bits per heavy atom. The number of aryl methyl sites for hydroxylation is 2. The molecule has 0 saturated carbocycles. The van der Waals surface area contributed by atoms with Crippen molar-refractivity contribution < 1.29 is 18.3 Å². The maximum Gasteiger partial charge on any atom is 0.396 e. The molecule has 0 aliphatic heterocycles. The molecule has 0 aliphatic carbocycles. The lowest BCUT2D eigenvalue weighted by atomic mass is 9.86. The Labute approximate surface area is 225 Å². The van der Waals surface area contributed by atoms with Crippen molar-refractivity contribution in [2.45, 2.75) is 31.2 Å². The number of fused-ring (bicyclic) bond motifs is 1. The molecule has 0 saturated heterocycles. The van der Waals surface area contributed by atoms with Gasteiger partial charge >= 0.3 is 6.18 Å². The van der Waals surface area contributed by atoms with Gasteiger partial charge in [-0.2, -0.15) is 13.2 Å². The highest BCUT2D eigenvalue weighted by Crippen LogP contribution is 2.39. The zero-order chi connectivity index (χ0) is 26.2. The van der Waals surface area contributed by atoms with Crippen LogP contribution >= 0.6 is 34.5 Å². The fourth-order valence-corrected chi connectivity index (χ4v) is 5.52. The number of halogens is 5. The molecular formula is C27H20Cl2F3N3OS. The first-order valence-electron chi connectivity index (χ1n) is 11.3. The quantitative estimate of drug-likeness (QED) is 0.225. The van der Waals surface area contributed by atoms with Crippen LogP contribution in [0.4, 0.5) is 13.2 Å². The number of nitrogens with zero attached hydrogens (tertiary/aromatic N) is 3. The van der Waals surface area contributed by atoms with Gasteiger partial charge in [0.15, 0.2) is 5.60 Å². The van der Waals surface area contributed by atoms with Crippen LogP contribution in [0.1, 0.15) is 27.5 Å². The van der Waals surface area contributed by atoms with Crippen LogP contribution in [-0.2, 0) is 25.0 Å². The van der Waals surface area contributed by atoms with E-state index in [4.69, 9.17) is 23.2 Å². The van der Waals surface area contributed by atoms with Gasteiger partial charge in [0.05, 0.1) is 11.0 Å². The summed E-state index contributed by atoms with van der Waals surface area (Å²) in [7, 11) is 0. The third kappa shape index (κ3) is 5.38. The lowest BCUT2D eigenvalue weighted by Crippen LogP contribution is -2.28. The Balaban J connectivity index is 1.64. The van der Waals surface area contributed by atoms with E-state index in [1.807, 2.05) is 6.07 Å². The second kappa shape index (κ2) is 10.1. The first kappa shape index (κ1) is 25.7. The molecule has 0 radical (unpaired) electrons. The fourth-order valence-electron chi connectivity index (χ4n) is 4.40. The molecule has 0 aliphatic rings. The molecule has 5 rings (SSSR count). The molecule has 0 spiro atoms. The van der Waals surface area contributed by atoms with Crippen molar-refractivity contribution in [2.75, 3.05) is 0 Å². The van der Waals surface area contributed by atoms with Crippen molar-refractivity contribution in [3.63, 3.8) is 0 Å². The van der Waals surface area contributed by atoms with Crippen molar-refractivity contribution in [3.05, 3.63) is 116 Å². The molecule has 0 bridgehead atoms. The van der Waals surface area contributed by atoms with Crippen LogP contribution in [0.5, 0.6) is 0 Å². The topological polar surface area (TPSA) is 50.9 Å². The molecule has 10 heteroatoms. The lowest BCUT2D eigenvalue weighted by molar-refractivity contribution is -0.128. The Morgan fingerprint density at radius 1 is 0.919 bits per heavy atom. The largest absolute Gasteiger partial charge is 0.396 e. The second-order valence-corrected chi connectivity index (χ2v) is 10.4. The molecule has 37 heavy (non-hydrogen) atoms. The minimum absolute atomic E-state index is 0.0917. The summed E-state index contributed by atoms with van der Waals surface area (Å²) in [6.45, 7) is 0.252. The van der Waals surface area contributed by atoms with Crippen molar-refractivity contribution in [2.24, 2.45) is 0 Å². The normalized spacial score (nSPS) is 13.7. The lowest BCUT2D eigenvalue weighted by Gasteiger charge is -2.27. The van der Waals surface area contributed by atoms with Crippen LogP contribution in [0.25, 0.3) is 11.0 Å². The average Bonchev–Trinajstić information content (AvgIpc) is 3.50. The molecular weight excluding hydrogens is 542 g/mol. The van der Waals surface area contributed by atoms with Gasteiger partial charge in [0, 0.05) is 28.2 Å². The number of benzene rings is 3. The number of aliphatic hydroxyl groups is 1. The molecule has 2 heterocycles. The summed E-state index contributed by atoms with van der Waals surface area (Å²) in [5.41, 5.74) is 1.14. The Morgan fingerprint density at radius 3 is 2.35 bits per heavy atom. The van der Waals surface area contributed by atoms with Gasteiger partial charge in [-0.3, -0.25) is 0 Å². The molecule has 5 aromatic rings. The van der Waals surface area contributed by atoms with Crippen molar-refractivity contribution in [1.29, 1.82) is 0 Å². The van der Waals surface area contributed by atoms with Gasteiger partial charge in [0.2, 0.25) is 0 Å². The smallest absolute Gasteiger partial charge is 0.374 e. The summed E-state index contributed by atoms with van der Waals surface area (Å²) in [4.78, 5) is 8.66. The number of imidazole rings is 1. The molecule has 0 fully saturated rings. The molecule has 1 atom stereocenters. The molecule has 1 unspecified atom stereocenters. The molecule has 1 N–H and O–H groups in total. The van der Waals surface area contributed by atoms with Gasteiger partial charge < -0.3 is 9.67 Å². The number of alkyl halides is 3. The summed E-state index contributed by atoms with van der Waals surface area (Å²) >= 11 is 13.5. The molecule has 2 aromatic heterocycles. The molecule has 4 nitrogen and oxygen atoms in total. The summed E-state index contributed by atoms with van der Waals surface area (Å²) in [5.74, 6) is -0.0917. The van der Waals surface area contributed by atoms with Crippen molar-refractivity contribution in [3.8, 4) is 0 Å². The second-order valence-electron chi connectivity index (χ2n) is 8.61. The summed E-state index contributed by atoms with van der Waals surface area (Å²) in [6.07, 6.45) is -3.55. The predicted octanol–water partition coefficient (Wildman–Crippen LogP) is 7.43. The van der Waals surface area contributed by atoms with Crippen molar-refractivity contribution in [1.82, 2.24) is 14.5 Å². The monoisotopic (exact) mass is 561 g/mol. The van der Waals surface area contributed by atoms with Crippen LogP contribution in [0, 0.1) is 0 Å². The highest BCUT2D eigenvalue weighted by Gasteiger charge is 2.37. The van der Waals surface area contributed by atoms with Crippen LogP contribution in [0.15, 0.2) is 78.3 Å². The van der Waals surface area contributed by atoms with E-state index >= 15 is 0 Å². The number of aromatic nitrogens is 3. The Hall–Kier alpha value is -2.91. The van der Waals surface area contributed by atoms with E-state index in [-0.39, 0.29) is 12.4 Å². The van der Waals surface area contributed by atoms with Crippen LogP contribution < -0.4 is 0 Å². The van der Waals surface area contributed by atoms with E-state index in [2.05, 4.69) is 9.97 Å². The van der Waals surface area contributed by atoms with E-state index in [9.17, 15) is 18.3 Å². The fraction of sp³-hybridized carbons (Fsp3) is 0.185. The third-order valence-electron chi connectivity index (χ3n) is 6.12. The molecule has 190 valence electrons. The Bertz CT molecular complexity index is 1540.